The number of piperidine rings is 1. The molecular weight excluding hydrogens is 214 g/mol. The van der Waals surface area contributed by atoms with Crippen molar-refractivity contribution in [1.82, 2.24) is 14.9 Å². The summed E-state index contributed by atoms with van der Waals surface area (Å²) >= 11 is 0. The monoisotopic (exact) mass is 235 g/mol. The fourth-order valence-electron chi connectivity index (χ4n) is 2.23. The van der Waals surface area contributed by atoms with Crippen LogP contribution in [0.2, 0.25) is 0 Å². The molecule has 5 nitrogen and oxygen atoms in total. The first-order valence-corrected chi connectivity index (χ1v) is 6.24. The normalized spacial score (nSPS) is 18.2. The molecule has 17 heavy (non-hydrogen) atoms. The number of aromatic nitrogens is 2. The highest BCUT2D eigenvalue weighted by Gasteiger charge is 2.16. The van der Waals surface area contributed by atoms with Crippen molar-refractivity contribution >= 4 is 11.6 Å². The molecule has 0 aromatic carbocycles. The summed E-state index contributed by atoms with van der Waals surface area (Å²) in [6.07, 6.45) is 7.05. The molecule has 2 heterocycles. The lowest BCUT2D eigenvalue weighted by Crippen LogP contribution is -2.30. The zero-order valence-corrected chi connectivity index (χ0v) is 10.4. The zero-order chi connectivity index (χ0) is 12.1. The van der Waals surface area contributed by atoms with Crippen molar-refractivity contribution in [3.8, 4) is 0 Å². The Bertz CT molecular complexity index is 347. The number of rotatable bonds is 4. The Labute approximate surface area is 102 Å². The van der Waals surface area contributed by atoms with Crippen molar-refractivity contribution in [1.29, 1.82) is 0 Å². The van der Waals surface area contributed by atoms with Gasteiger partial charge in [-0.05, 0) is 45.3 Å². The third-order valence-corrected chi connectivity index (χ3v) is 3.41. The van der Waals surface area contributed by atoms with Crippen LogP contribution in [0.4, 0.5) is 11.6 Å². The van der Waals surface area contributed by atoms with E-state index < -0.39 is 0 Å². The van der Waals surface area contributed by atoms with Crippen LogP contribution in [0, 0.1) is 5.92 Å². The average Bonchev–Trinajstić information content (AvgIpc) is 2.34. The first kappa shape index (κ1) is 12.1. The summed E-state index contributed by atoms with van der Waals surface area (Å²) in [5, 5.41) is 3.26. The molecule has 1 aromatic heterocycles. The number of nitrogen functional groups attached to an aromatic ring is 1. The number of nitrogens with two attached hydrogens (primary N) is 1. The van der Waals surface area contributed by atoms with Crippen LogP contribution in [-0.4, -0.2) is 41.5 Å². The maximum Gasteiger partial charge on any atom is 0.168 e. The molecule has 1 aliphatic rings. The van der Waals surface area contributed by atoms with E-state index in [4.69, 9.17) is 5.73 Å². The lowest BCUT2D eigenvalue weighted by Gasteiger charge is -2.28. The number of hydrogen-bond acceptors (Lipinski definition) is 5. The quantitative estimate of drug-likeness (QED) is 0.821. The van der Waals surface area contributed by atoms with Crippen molar-refractivity contribution in [2.75, 3.05) is 37.7 Å². The van der Waals surface area contributed by atoms with Gasteiger partial charge in [0.25, 0.3) is 0 Å². The van der Waals surface area contributed by atoms with E-state index in [2.05, 4.69) is 27.2 Å². The fourth-order valence-corrected chi connectivity index (χ4v) is 2.23. The Balaban J connectivity index is 1.71. The van der Waals surface area contributed by atoms with Gasteiger partial charge >= 0.3 is 0 Å². The first-order chi connectivity index (χ1) is 8.25. The minimum Gasteiger partial charge on any atom is -0.381 e. The molecule has 0 saturated carbocycles. The second-order valence-electron chi connectivity index (χ2n) is 4.75. The van der Waals surface area contributed by atoms with E-state index in [9.17, 15) is 0 Å². The molecule has 0 radical (unpaired) electrons. The SMILES string of the molecule is CN1CCC(CCNc2nccnc2N)CC1. The minimum atomic E-state index is 0.482. The standard InChI is InChI=1S/C12H21N5/c1-17-8-3-10(4-9-17)2-5-15-12-11(13)14-6-7-16-12/h6-7,10H,2-5,8-9H2,1H3,(H2,13,14)(H,15,16). The molecule has 1 saturated heterocycles. The molecule has 0 amide bonds. The van der Waals surface area contributed by atoms with Crippen molar-refractivity contribution in [3.63, 3.8) is 0 Å². The number of hydrogen-bond donors (Lipinski definition) is 2. The third-order valence-electron chi connectivity index (χ3n) is 3.41. The summed E-state index contributed by atoms with van der Waals surface area (Å²) in [5.41, 5.74) is 5.72. The summed E-state index contributed by atoms with van der Waals surface area (Å²) in [6.45, 7) is 3.37. The zero-order valence-electron chi connectivity index (χ0n) is 10.4. The van der Waals surface area contributed by atoms with Gasteiger partial charge in [0.1, 0.15) is 0 Å². The Hall–Kier alpha value is -1.36. The van der Waals surface area contributed by atoms with Crippen molar-refractivity contribution in [2.45, 2.75) is 19.3 Å². The summed E-state index contributed by atoms with van der Waals surface area (Å²) in [5.74, 6) is 2.02. The van der Waals surface area contributed by atoms with Gasteiger partial charge < -0.3 is 16.0 Å². The molecule has 1 fully saturated rings. The number of nitrogens with one attached hydrogen (secondary N) is 1. The second kappa shape index (κ2) is 5.82. The number of anilines is 2. The molecule has 0 atom stereocenters. The van der Waals surface area contributed by atoms with E-state index >= 15 is 0 Å². The smallest absolute Gasteiger partial charge is 0.168 e. The first-order valence-electron chi connectivity index (χ1n) is 6.24. The van der Waals surface area contributed by atoms with Crippen LogP contribution < -0.4 is 11.1 Å². The molecule has 0 unspecified atom stereocenters. The molecule has 0 bridgehead atoms. The second-order valence-corrected chi connectivity index (χ2v) is 4.75. The van der Waals surface area contributed by atoms with Gasteiger partial charge in [-0.25, -0.2) is 9.97 Å². The van der Waals surface area contributed by atoms with Gasteiger partial charge in [-0.1, -0.05) is 0 Å². The van der Waals surface area contributed by atoms with Crippen molar-refractivity contribution < 1.29 is 0 Å². The fraction of sp³-hybridized carbons (Fsp3) is 0.667. The predicted octanol–water partition coefficient (Wildman–Crippen LogP) is 1.20. The Morgan fingerprint density at radius 3 is 2.76 bits per heavy atom. The summed E-state index contributed by atoms with van der Waals surface area (Å²) in [6, 6.07) is 0. The number of likely N-dealkylation sites (tertiary alicyclic amines) is 1. The van der Waals surface area contributed by atoms with Crippen molar-refractivity contribution in [3.05, 3.63) is 12.4 Å². The van der Waals surface area contributed by atoms with E-state index in [1.54, 1.807) is 12.4 Å². The van der Waals surface area contributed by atoms with Crippen LogP contribution in [0.3, 0.4) is 0 Å². The minimum absolute atomic E-state index is 0.482. The Morgan fingerprint density at radius 1 is 1.35 bits per heavy atom. The molecule has 2 rings (SSSR count). The van der Waals surface area contributed by atoms with E-state index in [0.29, 0.717) is 11.6 Å². The highest BCUT2D eigenvalue weighted by atomic mass is 15.1. The van der Waals surface area contributed by atoms with E-state index in [1.807, 2.05) is 0 Å². The lowest BCUT2D eigenvalue weighted by atomic mass is 9.94. The van der Waals surface area contributed by atoms with Crippen molar-refractivity contribution in [2.24, 2.45) is 5.92 Å². The lowest BCUT2D eigenvalue weighted by molar-refractivity contribution is 0.215. The summed E-state index contributed by atoms with van der Waals surface area (Å²) < 4.78 is 0. The van der Waals surface area contributed by atoms with E-state index in [1.165, 1.54) is 32.4 Å². The van der Waals surface area contributed by atoms with E-state index in [0.717, 1.165) is 12.5 Å². The van der Waals surface area contributed by atoms with Crippen LogP contribution in [0.15, 0.2) is 12.4 Å². The van der Waals surface area contributed by atoms with Gasteiger partial charge in [-0.3, -0.25) is 0 Å². The summed E-state index contributed by atoms with van der Waals surface area (Å²) in [7, 11) is 2.19. The van der Waals surface area contributed by atoms with Gasteiger partial charge in [-0.15, -0.1) is 0 Å². The summed E-state index contributed by atoms with van der Waals surface area (Å²) in [4.78, 5) is 10.6. The largest absolute Gasteiger partial charge is 0.381 e. The third kappa shape index (κ3) is 3.56. The molecule has 1 aromatic rings. The van der Waals surface area contributed by atoms with Crippen LogP contribution in [0.1, 0.15) is 19.3 Å². The molecule has 1 aliphatic heterocycles. The molecule has 3 N–H and O–H groups in total. The molecule has 0 aliphatic carbocycles. The van der Waals surface area contributed by atoms with Gasteiger partial charge in [-0.2, -0.15) is 0 Å². The molecular formula is C12H21N5. The topological polar surface area (TPSA) is 67.1 Å². The Kier molecular flexibility index (Phi) is 4.14. The highest BCUT2D eigenvalue weighted by molar-refractivity contribution is 5.54. The van der Waals surface area contributed by atoms with Gasteiger partial charge in [0.05, 0.1) is 0 Å². The Morgan fingerprint density at radius 2 is 2.06 bits per heavy atom. The van der Waals surface area contributed by atoms with Crippen LogP contribution in [0.5, 0.6) is 0 Å². The van der Waals surface area contributed by atoms with Gasteiger partial charge in [0.15, 0.2) is 11.6 Å². The maximum absolute atomic E-state index is 5.72. The molecule has 0 spiro atoms. The molecule has 94 valence electrons. The van der Waals surface area contributed by atoms with Gasteiger partial charge in [0.2, 0.25) is 0 Å². The average molecular weight is 235 g/mol. The van der Waals surface area contributed by atoms with Crippen LogP contribution in [0.25, 0.3) is 0 Å². The maximum atomic E-state index is 5.72. The van der Waals surface area contributed by atoms with Crippen LogP contribution in [-0.2, 0) is 0 Å². The van der Waals surface area contributed by atoms with E-state index in [-0.39, 0.29) is 0 Å². The highest BCUT2D eigenvalue weighted by Crippen LogP contribution is 2.19. The molecule has 5 heteroatoms. The predicted molar refractivity (Wildman–Crippen MR) is 69.8 cm³/mol. The van der Waals surface area contributed by atoms with Crippen LogP contribution >= 0.6 is 0 Å². The van der Waals surface area contributed by atoms with Gasteiger partial charge in [0, 0.05) is 18.9 Å². The number of nitrogens with zero attached hydrogens (tertiary/aromatic N) is 3.